The van der Waals surface area contributed by atoms with Crippen LogP contribution < -0.4 is 4.74 Å². The number of hydrogen-bond acceptors (Lipinski definition) is 3. The molecule has 0 unspecified atom stereocenters. The lowest BCUT2D eigenvalue weighted by Gasteiger charge is -2.34. The molecule has 0 aliphatic heterocycles. The van der Waals surface area contributed by atoms with Gasteiger partial charge >= 0.3 is 0 Å². The van der Waals surface area contributed by atoms with Gasteiger partial charge < -0.3 is 14.7 Å². The van der Waals surface area contributed by atoms with Gasteiger partial charge in [-0.25, -0.2) is 4.39 Å². The third kappa shape index (κ3) is 5.29. The number of aliphatic hydroxyl groups excluding tert-OH is 1. The smallest absolute Gasteiger partial charge is 0.123 e. The second-order valence-electron chi connectivity index (χ2n) is 5.99. The molecule has 1 saturated carbocycles. The van der Waals surface area contributed by atoms with Gasteiger partial charge in [-0.15, -0.1) is 0 Å². The fourth-order valence-corrected chi connectivity index (χ4v) is 2.99. The van der Waals surface area contributed by atoms with E-state index < -0.39 is 0 Å². The molecule has 1 aliphatic rings. The molecule has 0 spiro atoms. The Morgan fingerprint density at radius 2 is 1.86 bits per heavy atom. The lowest BCUT2D eigenvalue weighted by atomic mass is 9.86. The van der Waals surface area contributed by atoms with Crippen molar-refractivity contribution >= 4 is 0 Å². The molecule has 0 amide bonds. The minimum atomic E-state index is -0.236. The van der Waals surface area contributed by atoms with Crippen LogP contribution >= 0.6 is 0 Å². The quantitative estimate of drug-likeness (QED) is 0.785. The van der Waals surface area contributed by atoms with Gasteiger partial charge in [-0.3, -0.25) is 0 Å². The maximum atomic E-state index is 12.8. The molecule has 0 atom stereocenters. The van der Waals surface area contributed by atoms with Crippen LogP contribution in [0.2, 0.25) is 0 Å². The number of rotatable bonds is 7. The predicted octanol–water partition coefficient (Wildman–Crippen LogP) is 3.08. The molecule has 1 aromatic rings. The largest absolute Gasteiger partial charge is 0.494 e. The van der Waals surface area contributed by atoms with Gasteiger partial charge in [0.05, 0.1) is 6.61 Å². The summed E-state index contributed by atoms with van der Waals surface area (Å²) < 4.78 is 18.4. The van der Waals surface area contributed by atoms with E-state index in [1.807, 2.05) is 0 Å². The minimum absolute atomic E-state index is 0.236. The molecule has 1 aromatic carbocycles. The summed E-state index contributed by atoms with van der Waals surface area (Å²) in [6.45, 7) is 2.00. The van der Waals surface area contributed by atoms with Gasteiger partial charge in [-0.2, -0.15) is 0 Å². The van der Waals surface area contributed by atoms with Crippen LogP contribution in [0.5, 0.6) is 5.75 Å². The van der Waals surface area contributed by atoms with Gasteiger partial charge in [0.25, 0.3) is 0 Å². The van der Waals surface area contributed by atoms with Crippen LogP contribution in [-0.2, 0) is 0 Å². The first-order chi connectivity index (χ1) is 10.2. The summed E-state index contributed by atoms with van der Waals surface area (Å²) in [6.07, 6.45) is 5.60. The van der Waals surface area contributed by atoms with Crippen LogP contribution in [0.25, 0.3) is 0 Å². The van der Waals surface area contributed by atoms with Crippen LogP contribution in [-0.4, -0.2) is 42.9 Å². The SMILES string of the molecule is CN(CCCOc1ccc(F)cc1)C1CCC(CO)CC1. The average molecular weight is 295 g/mol. The van der Waals surface area contributed by atoms with Crippen LogP contribution in [0, 0.1) is 11.7 Å². The summed E-state index contributed by atoms with van der Waals surface area (Å²) in [6, 6.07) is 6.80. The van der Waals surface area contributed by atoms with Crippen molar-refractivity contribution in [2.24, 2.45) is 5.92 Å². The normalized spacial score (nSPS) is 22.5. The van der Waals surface area contributed by atoms with Gasteiger partial charge in [0.1, 0.15) is 11.6 Å². The maximum Gasteiger partial charge on any atom is 0.123 e. The monoisotopic (exact) mass is 295 g/mol. The number of ether oxygens (including phenoxy) is 1. The molecule has 21 heavy (non-hydrogen) atoms. The Balaban J connectivity index is 1.61. The number of halogens is 1. The van der Waals surface area contributed by atoms with Crippen molar-refractivity contribution in [3.8, 4) is 5.75 Å². The third-order valence-electron chi connectivity index (χ3n) is 4.44. The Morgan fingerprint density at radius 1 is 1.19 bits per heavy atom. The van der Waals surface area contributed by atoms with E-state index in [2.05, 4.69) is 11.9 Å². The summed E-state index contributed by atoms with van der Waals surface area (Å²) in [4.78, 5) is 2.40. The zero-order chi connectivity index (χ0) is 15.1. The third-order valence-corrected chi connectivity index (χ3v) is 4.44. The highest BCUT2D eigenvalue weighted by Crippen LogP contribution is 2.26. The van der Waals surface area contributed by atoms with E-state index in [0.29, 0.717) is 25.2 Å². The van der Waals surface area contributed by atoms with E-state index in [-0.39, 0.29) is 5.82 Å². The number of nitrogens with zero attached hydrogens (tertiary/aromatic N) is 1. The predicted molar refractivity (Wildman–Crippen MR) is 82.0 cm³/mol. The van der Waals surface area contributed by atoms with Crippen LogP contribution in [0.1, 0.15) is 32.1 Å². The van der Waals surface area contributed by atoms with E-state index in [1.54, 1.807) is 12.1 Å². The standard InChI is InChI=1S/C17H26FNO2/c1-19(16-7-3-14(13-20)4-8-16)11-2-12-21-17-9-5-15(18)6-10-17/h5-6,9-10,14,16,20H,2-4,7-8,11-13H2,1H3. The first kappa shape index (κ1) is 16.2. The van der Waals surface area contributed by atoms with Crippen molar-refractivity contribution in [1.82, 2.24) is 4.90 Å². The molecule has 0 radical (unpaired) electrons. The molecule has 4 heteroatoms. The summed E-state index contributed by atoms with van der Waals surface area (Å²) in [7, 11) is 2.17. The Morgan fingerprint density at radius 3 is 2.48 bits per heavy atom. The molecule has 1 aliphatic carbocycles. The van der Waals surface area contributed by atoms with Crippen molar-refractivity contribution in [2.45, 2.75) is 38.1 Å². The second-order valence-corrected chi connectivity index (χ2v) is 5.99. The highest BCUT2D eigenvalue weighted by Gasteiger charge is 2.23. The molecule has 1 fully saturated rings. The van der Waals surface area contributed by atoms with E-state index in [4.69, 9.17) is 9.84 Å². The van der Waals surface area contributed by atoms with Gasteiger partial charge in [0.15, 0.2) is 0 Å². The van der Waals surface area contributed by atoms with E-state index in [9.17, 15) is 4.39 Å². The fourth-order valence-electron chi connectivity index (χ4n) is 2.99. The topological polar surface area (TPSA) is 32.7 Å². The van der Waals surface area contributed by atoms with E-state index in [1.165, 1.54) is 25.0 Å². The number of benzene rings is 1. The minimum Gasteiger partial charge on any atom is -0.494 e. The van der Waals surface area contributed by atoms with Gasteiger partial charge in [0.2, 0.25) is 0 Å². The van der Waals surface area contributed by atoms with Crippen molar-refractivity contribution in [3.63, 3.8) is 0 Å². The molecule has 1 N–H and O–H groups in total. The van der Waals surface area contributed by atoms with Crippen LogP contribution in [0.15, 0.2) is 24.3 Å². The first-order valence-electron chi connectivity index (χ1n) is 7.88. The highest BCUT2D eigenvalue weighted by molar-refractivity contribution is 5.21. The molecule has 0 bridgehead atoms. The molecule has 0 heterocycles. The molecular formula is C17H26FNO2. The van der Waals surface area contributed by atoms with Crippen molar-refractivity contribution < 1.29 is 14.2 Å². The Labute approximate surface area is 126 Å². The zero-order valence-electron chi connectivity index (χ0n) is 12.8. The molecular weight excluding hydrogens is 269 g/mol. The zero-order valence-corrected chi connectivity index (χ0v) is 12.8. The average Bonchev–Trinajstić information content (AvgIpc) is 2.53. The first-order valence-corrected chi connectivity index (χ1v) is 7.88. The summed E-state index contributed by atoms with van der Waals surface area (Å²) >= 11 is 0. The van der Waals surface area contributed by atoms with Crippen molar-refractivity contribution in [2.75, 3.05) is 26.8 Å². The van der Waals surface area contributed by atoms with E-state index >= 15 is 0 Å². The van der Waals surface area contributed by atoms with Crippen molar-refractivity contribution in [3.05, 3.63) is 30.1 Å². The molecule has 118 valence electrons. The molecule has 3 nitrogen and oxygen atoms in total. The molecule has 2 rings (SSSR count). The number of aliphatic hydroxyl groups is 1. The maximum absolute atomic E-state index is 12.8. The summed E-state index contributed by atoms with van der Waals surface area (Å²) in [5.41, 5.74) is 0. The Hall–Kier alpha value is -1.13. The Kier molecular flexibility index (Phi) is 6.46. The second kappa shape index (κ2) is 8.35. The Bertz CT molecular complexity index is 402. The molecule has 0 aromatic heterocycles. The highest BCUT2D eigenvalue weighted by atomic mass is 19.1. The van der Waals surface area contributed by atoms with Gasteiger partial charge in [-0.05, 0) is 69.3 Å². The molecule has 0 saturated heterocycles. The van der Waals surface area contributed by atoms with Gasteiger partial charge in [-0.1, -0.05) is 0 Å². The lowest BCUT2D eigenvalue weighted by Crippen LogP contribution is -2.36. The van der Waals surface area contributed by atoms with Crippen LogP contribution in [0.3, 0.4) is 0 Å². The summed E-state index contributed by atoms with van der Waals surface area (Å²) in [5.74, 6) is 1.000. The van der Waals surface area contributed by atoms with Gasteiger partial charge in [0, 0.05) is 19.2 Å². The van der Waals surface area contributed by atoms with E-state index in [0.717, 1.165) is 31.6 Å². The summed E-state index contributed by atoms with van der Waals surface area (Å²) in [5, 5.41) is 9.16. The van der Waals surface area contributed by atoms with Crippen LogP contribution in [0.4, 0.5) is 4.39 Å². The fraction of sp³-hybridized carbons (Fsp3) is 0.647. The number of hydrogen-bond donors (Lipinski definition) is 1. The lowest BCUT2D eigenvalue weighted by molar-refractivity contribution is 0.123. The van der Waals surface area contributed by atoms with Crippen molar-refractivity contribution in [1.29, 1.82) is 0 Å².